The van der Waals surface area contributed by atoms with Crippen LogP contribution < -0.4 is 10.6 Å². The van der Waals surface area contributed by atoms with Gasteiger partial charge in [-0.05, 0) is 41.7 Å². The molecule has 0 aromatic heterocycles. The van der Waals surface area contributed by atoms with Crippen molar-refractivity contribution >= 4 is 23.9 Å². The van der Waals surface area contributed by atoms with Crippen LogP contribution in [0.15, 0.2) is 54.6 Å². The zero-order valence-electron chi connectivity index (χ0n) is 36.0. The van der Waals surface area contributed by atoms with Gasteiger partial charge in [0.2, 0.25) is 5.91 Å². The van der Waals surface area contributed by atoms with Crippen molar-refractivity contribution in [1.82, 2.24) is 15.7 Å². The molecule has 17 nitrogen and oxygen atoms in total. The molecule has 7 N–H and O–H groups in total. The molecule has 2 amide bonds. The fourth-order valence-electron chi connectivity index (χ4n) is 9.68. The second-order valence-corrected chi connectivity index (χ2v) is 17.2. The van der Waals surface area contributed by atoms with Gasteiger partial charge < -0.3 is 59.9 Å². The van der Waals surface area contributed by atoms with Gasteiger partial charge in [-0.25, -0.2) is 0 Å². The summed E-state index contributed by atoms with van der Waals surface area (Å²) in [5, 5.41) is 56.7. The highest BCUT2D eigenvalue weighted by molar-refractivity contribution is 5.95. The molecule has 11 atom stereocenters. The van der Waals surface area contributed by atoms with E-state index < -0.39 is 90.8 Å². The van der Waals surface area contributed by atoms with Crippen LogP contribution in [0.4, 0.5) is 0 Å². The van der Waals surface area contributed by atoms with E-state index in [0.29, 0.717) is 24.0 Å². The number of ether oxygens (including phenoxy) is 5. The Morgan fingerprint density at radius 3 is 2.40 bits per heavy atom. The minimum Gasteiger partial charge on any atom is -0.458 e. The van der Waals surface area contributed by atoms with Gasteiger partial charge >= 0.3 is 5.97 Å². The number of carbonyl (C=O) groups excluding carboxylic acids is 3. The minimum atomic E-state index is -1.57. The summed E-state index contributed by atoms with van der Waals surface area (Å²) >= 11 is 0. The predicted molar refractivity (Wildman–Crippen MR) is 225 cm³/mol. The van der Waals surface area contributed by atoms with Crippen molar-refractivity contribution in [3.63, 3.8) is 0 Å². The first-order valence-corrected chi connectivity index (χ1v) is 22.4. The third-order valence-corrected chi connectivity index (χ3v) is 12.9. The Balaban J connectivity index is 1.15. The lowest BCUT2D eigenvalue weighted by Gasteiger charge is -2.48. The van der Waals surface area contributed by atoms with Gasteiger partial charge in [0, 0.05) is 37.9 Å². The molecule has 2 bridgehead atoms. The van der Waals surface area contributed by atoms with Gasteiger partial charge in [0.15, 0.2) is 18.1 Å². The van der Waals surface area contributed by atoms with Crippen LogP contribution in [0.3, 0.4) is 0 Å². The number of aliphatic hydroxyl groups excluding tert-OH is 5. The number of benzene rings is 2. The zero-order chi connectivity index (χ0) is 44.7. The fraction of sp³-hybridized carbons (Fsp3) is 0.630. The first-order valence-electron chi connectivity index (χ1n) is 22.4. The van der Waals surface area contributed by atoms with E-state index in [4.69, 9.17) is 28.5 Å². The van der Waals surface area contributed by atoms with Crippen molar-refractivity contribution in [2.75, 3.05) is 26.4 Å². The Morgan fingerprint density at radius 1 is 0.921 bits per heavy atom. The number of hydrogen-bond donors (Lipinski definition) is 7. The molecule has 4 heterocycles. The third-order valence-electron chi connectivity index (χ3n) is 12.9. The Bertz CT molecular complexity index is 1900. The van der Waals surface area contributed by atoms with Crippen LogP contribution in [0.25, 0.3) is 6.08 Å². The minimum absolute atomic E-state index is 0.0586. The lowest BCUT2D eigenvalue weighted by atomic mass is 9.62. The summed E-state index contributed by atoms with van der Waals surface area (Å²) in [7, 11) is 0. The van der Waals surface area contributed by atoms with Gasteiger partial charge in [0.25, 0.3) is 5.91 Å². The summed E-state index contributed by atoms with van der Waals surface area (Å²) in [6, 6.07) is 13.1. The maximum Gasteiger partial charge on any atom is 0.327 e. The Hall–Kier alpha value is -3.85. The molecule has 2 aromatic carbocycles. The van der Waals surface area contributed by atoms with Gasteiger partial charge in [-0.1, -0.05) is 88.1 Å². The van der Waals surface area contributed by atoms with E-state index in [-0.39, 0.29) is 45.2 Å². The standard InChI is InChI=1S/C46H63N3O14/c1-3-5-9-18-45(19-10-6-4-2)61-37-32-24-46(44(57)48-25-28-13-11-16-30(23-28)41(55)47-20-21-50)39(42(56)59-32)49(63-40(46)38(37)62-45)26-31-15-8-7-14-29(31)17-12-22-58-43-36(54)35(53)34(52)33(27-51)60-43/h7-8,11-17,23,32-40,43,50-54H,3-6,9-10,18-22,24-27H2,1-2H3,(H,47,55)(H,48,57)/t32-,33-,34+,35+,36-,37+,38+,39+,40-,43+,46+/m1/s1. The number of fused-ring (bicyclic) bond motifs is 4. The first kappa shape index (κ1) is 47.1. The molecule has 7 rings (SSSR count). The summed E-state index contributed by atoms with van der Waals surface area (Å²) < 4.78 is 31.3. The summed E-state index contributed by atoms with van der Waals surface area (Å²) in [6.07, 6.45) is 0.605. The summed E-state index contributed by atoms with van der Waals surface area (Å²) in [5.74, 6) is -2.30. The molecule has 4 saturated heterocycles. The number of esters is 1. The highest BCUT2D eigenvalue weighted by atomic mass is 16.8. The van der Waals surface area contributed by atoms with E-state index >= 15 is 0 Å². The molecule has 1 saturated carbocycles. The number of aliphatic hydroxyl groups is 5. The number of nitrogens with zero attached hydrogens (tertiary/aromatic N) is 1. The maximum absolute atomic E-state index is 15.0. The lowest BCUT2D eigenvalue weighted by molar-refractivity contribution is -0.298. The average Bonchev–Trinajstić information content (AvgIpc) is 3.85. The fourth-order valence-corrected chi connectivity index (χ4v) is 9.68. The van der Waals surface area contributed by atoms with Crippen molar-refractivity contribution in [3.8, 4) is 0 Å². The Morgan fingerprint density at radius 2 is 1.67 bits per heavy atom. The predicted octanol–water partition coefficient (Wildman–Crippen LogP) is 2.00. The highest BCUT2D eigenvalue weighted by Crippen LogP contribution is 2.58. The number of hydrogen-bond acceptors (Lipinski definition) is 15. The number of nitrogens with one attached hydrogen (secondary N) is 2. The van der Waals surface area contributed by atoms with Crippen molar-refractivity contribution in [2.45, 2.75) is 152 Å². The number of rotatable bonds is 21. The van der Waals surface area contributed by atoms with Crippen LogP contribution in [0.5, 0.6) is 0 Å². The van der Waals surface area contributed by atoms with E-state index in [9.17, 15) is 39.9 Å². The SMILES string of the molecule is CCCCCC1(CCCCC)O[C@@H]2[C@H](O1)[C@H]1ON(Cc3ccccc3C=CCO[C@H]3O[C@H](CO)[C@H](O)[C@H](O)[C@H]3O)[C@H]3C(=O)O[C@@H]2C[C@@]13C(=O)NCc1cccc(C(=O)NCCO)c1. The van der Waals surface area contributed by atoms with E-state index in [2.05, 4.69) is 24.5 Å². The molecule has 2 aromatic rings. The van der Waals surface area contributed by atoms with Gasteiger partial charge in [0.05, 0.1) is 26.4 Å². The molecule has 0 radical (unpaired) electrons. The molecule has 17 heteroatoms. The zero-order valence-corrected chi connectivity index (χ0v) is 36.0. The van der Waals surface area contributed by atoms with Crippen LogP contribution in [0.1, 0.15) is 98.7 Å². The molecule has 0 unspecified atom stereocenters. The van der Waals surface area contributed by atoms with Crippen LogP contribution in [-0.4, -0.2) is 142 Å². The second kappa shape index (κ2) is 21.0. The molecule has 346 valence electrons. The van der Waals surface area contributed by atoms with Gasteiger partial charge in [0.1, 0.15) is 54.2 Å². The molecule has 5 aliphatic rings. The highest BCUT2D eigenvalue weighted by Gasteiger charge is 2.76. The van der Waals surface area contributed by atoms with Gasteiger partial charge in [-0.2, -0.15) is 5.06 Å². The van der Waals surface area contributed by atoms with E-state index in [1.165, 1.54) is 5.06 Å². The normalized spacial score (nSPS) is 32.1. The summed E-state index contributed by atoms with van der Waals surface area (Å²) in [6.45, 7) is 3.68. The topological polar surface area (TPSA) is 235 Å². The van der Waals surface area contributed by atoms with Gasteiger partial charge in [-0.15, -0.1) is 0 Å². The summed E-state index contributed by atoms with van der Waals surface area (Å²) in [5.41, 5.74) is 1.08. The van der Waals surface area contributed by atoms with E-state index in [1.54, 1.807) is 36.4 Å². The molecule has 4 aliphatic heterocycles. The summed E-state index contributed by atoms with van der Waals surface area (Å²) in [4.78, 5) is 48.9. The van der Waals surface area contributed by atoms with E-state index in [0.717, 1.165) is 49.7 Å². The molecular weight excluding hydrogens is 819 g/mol. The van der Waals surface area contributed by atoms with Crippen molar-refractivity contribution in [3.05, 3.63) is 76.9 Å². The lowest BCUT2D eigenvalue weighted by Crippen LogP contribution is -2.69. The number of hydroxylamine groups is 2. The Labute approximate surface area is 367 Å². The average molecular weight is 882 g/mol. The first-order chi connectivity index (χ1) is 30.5. The van der Waals surface area contributed by atoms with Crippen molar-refractivity contribution in [1.29, 1.82) is 0 Å². The van der Waals surface area contributed by atoms with E-state index in [1.807, 2.05) is 24.3 Å². The number of unbranched alkanes of at least 4 members (excludes halogenated alkanes) is 4. The quantitative estimate of drug-likeness (QED) is 0.0702. The smallest absolute Gasteiger partial charge is 0.327 e. The molecule has 63 heavy (non-hydrogen) atoms. The number of amides is 2. The Kier molecular flexibility index (Phi) is 15.7. The van der Waals surface area contributed by atoms with Gasteiger partial charge in [-0.3, -0.25) is 19.2 Å². The second-order valence-electron chi connectivity index (χ2n) is 17.2. The van der Waals surface area contributed by atoms with Crippen molar-refractivity contribution < 1.29 is 68.4 Å². The number of carbonyl (C=O) groups is 3. The van der Waals surface area contributed by atoms with Crippen molar-refractivity contribution in [2.24, 2.45) is 5.41 Å². The van der Waals surface area contributed by atoms with Crippen LogP contribution >= 0.6 is 0 Å². The monoisotopic (exact) mass is 881 g/mol. The van der Waals surface area contributed by atoms with Crippen LogP contribution in [0, 0.1) is 5.41 Å². The molecule has 5 fully saturated rings. The largest absolute Gasteiger partial charge is 0.458 e. The molecular formula is C46H63N3O14. The third kappa shape index (κ3) is 9.89. The van der Waals surface area contributed by atoms with Crippen LogP contribution in [0.2, 0.25) is 0 Å². The molecule has 1 aliphatic carbocycles. The molecule has 0 spiro atoms. The van der Waals surface area contributed by atoms with Crippen LogP contribution in [-0.2, 0) is 51.2 Å². The maximum atomic E-state index is 15.0.